The third-order valence-corrected chi connectivity index (χ3v) is 6.05. The maximum absolute atomic E-state index is 13.3. The number of anilines is 1. The lowest BCUT2D eigenvalue weighted by Gasteiger charge is -2.28. The summed E-state index contributed by atoms with van der Waals surface area (Å²) in [7, 11) is 3.12. The van der Waals surface area contributed by atoms with Gasteiger partial charge in [-0.1, -0.05) is 24.3 Å². The topological polar surface area (TPSA) is 86.3 Å². The van der Waals surface area contributed by atoms with Crippen molar-refractivity contribution in [3.05, 3.63) is 77.4 Å². The maximum Gasteiger partial charge on any atom is 0.255 e. The Morgan fingerprint density at radius 1 is 1.00 bits per heavy atom. The highest BCUT2D eigenvalue weighted by molar-refractivity contribution is 5.99. The minimum absolute atomic E-state index is 0.0592. The van der Waals surface area contributed by atoms with E-state index in [-0.39, 0.29) is 25.0 Å². The predicted octanol–water partition coefficient (Wildman–Crippen LogP) is 4.16. The first-order valence-electron chi connectivity index (χ1n) is 10.9. The highest BCUT2D eigenvalue weighted by Gasteiger charge is 2.35. The number of fused-ring (bicyclic) bond motifs is 2. The summed E-state index contributed by atoms with van der Waals surface area (Å²) >= 11 is 0. The lowest BCUT2D eigenvalue weighted by Crippen LogP contribution is -2.32. The average molecular weight is 460 g/mol. The number of ether oxygens (including phenoxy) is 4. The summed E-state index contributed by atoms with van der Waals surface area (Å²) in [6.45, 7) is 0.580. The number of hydrogen-bond donors (Lipinski definition) is 1. The summed E-state index contributed by atoms with van der Waals surface area (Å²) in [5.74, 6) is 1.99. The molecule has 174 valence electrons. The van der Waals surface area contributed by atoms with Crippen LogP contribution in [0.3, 0.4) is 0 Å². The van der Waals surface area contributed by atoms with Crippen LogP contribution in [-0.4, -0.2) is 37.7 Å². The Morgan fingerprint density at radius 2 is 1.79 bits per heavy atom. The smallest absolute Gasteiger partial charge is 0.255 e. The Labute approximate surface area is 197 Å². The van der Waals surface area contributed by atoms with Crippen LogP contribution < -0.4 is 24.3 Å². The van der Waals surface area contributed by atoms with Gasteiger partial charge in [-0.25, -0.2) is 0 Å². The maximum atomic E-state index is 13.3. The van der Waals surface area contributed by atoms with Crippen LogP contribution in [0.1, 0.15) is 33.9 Å². The van der Waals surface area contributed by atoms with Crippen molar-refractivity contribution in [1.29, 1.82) is 0 Å². The van der Waals surface area contributed by atoms with Crippen molar-refractivity contribution in [2.45, 2.75) is 19.0 Å². The fourth-order valence-electron chi connectivity index (χ4n) is 4.36. The summed E-state index contributed by atoms with van der Waals surface area (Å²) in [4.78, 5) is 28.1. The third kappa shape index (κ3) is 3.98. The Hall–Kier alpha value is -4.20. The van der Waals surface area contributed by atoms with E-state index in [0.29, 0.717) is 40.8 Å². The first-order valence-corrected chi connectivity index (χ1v) is 10.9. The molecule has 0 radical (unpaired) electrons. The second-order valence-electron chi connectivity index (χ2n) is 8.04. The molecule has 0 aliphatic carbocycles. The zero-order chi connectivity index (χ0) is 23.7. The number of nitrogens with zero attached hydrogens (tertiary/aromatic N) is 1. The summed E-state index contributed by atoms with van der Waals surface area (Å²) in [5.41, 5.74) is 2.97. The number of rotatable bonds is 7. The van der Waals surface area contributed by atoms with E-state index in [2.05, 4.69) is 5.32 Å². The summed E-state index contributed by atoms with van der Waals surface area (Å²) in [6, 6.07) is 17.7. The first-order chi connectivity index (χ1) is 16.6. The van der Waals surface area contributed by atoms with Gasteiger partial charge in [0.2, 0.25) is 12.7 Å². The van der Waals surface area contributed by atoms with Crippen molar-refractivity contribution in [3.63, 3.8) is 0 Å². The molecule has 5 rings (SSSR count). The van der Waals surface area contributed by atoms with Crippen LogP contribution in [0.5, 0.6) is 23.0 Å². The Kier molecular flexibility index (Phi) is 5.71. The molecule has 34 heavy (non-hydrogen) atoms. The van der Waals surface area contributed by atoms with Crippen molar-refractivity contribution >= 4 is 17.5 Å². The summed E-state index contributed by atoms with van der Waals surface area (Å²) < 4.78 is 21.6. The van der Waals surface area contributed by atoms with E-state index in [1.807, 2.05) is 36.4 Å². The molecule has 0 aromatic heterocycles. The van der Waals surface area contributed by atoms with E-state index < -0.39 is 6.04 Å². The minimum atomic E-state index is -0.506. The zero-order valence-electron chi connectivity index (χ0n) is 18.9. The molecule has 8 heteroatoms. The van der Waals surface area contributed by atoms with Gasteiger partial charge >= 0.3 is 0 Å². The molecule has 0 saturated heterocycles. The van der Waals surface area contributed by atoms with Crippen LogP contribution in [0.2, 0.25) is 0 Å². The highest BCUT2D eigenvalue weighted by atomic mass is 16.7. The van der Waals surface area contributed by atoms with Gasteiger partial charge in [0, 0.05) is 23.9 Å². The van der Waals surface area contributed by atoms with Crippen molar-refractivity contribution in [1.82, 2.24) is 4.90 Å². The molecule has 0 saturated carbocycles. The second kappa shape index (κ2) is 8.97. The lowest BCUT2D eigenvalue weighted by atomic mass is 10.0. The van der Waals surface area contributed by atoms with Gasteiger partial charge in [-0.15, -0.1) is 0 Å². The molecular formula is C26H24N2O6. The molecule has 0 fully saturated rings. The van der Waals surface area contributed by atoms with Gasteiger partial charge in [0.1, 0.15) is 0 Å². The van der Waals surface area contributed by atoms with Gasteiger partial charge in [-0.2, -0.15) is 0 Å². The van der Waals surface area contributed by atoms with Gasteiger partial charge in [0.15, 0.2) is 23.0 Å². The largest absolute Gasteiger partial charge is 0.493 e. The van der Waals surface area contributed by atoms with Gasteiger partial charge in [-0.05, 0) is 41.5 Å². The van der Waals surface area contributed by atoms with Gasteiger partial charge < -0.3 is 29.2 Å². The number of carbonyl (C=O) groups excluding carboxylic acids is 2. The van der Waals surface area contributed by atoms with E-state index >= 15 is 0 Å². The molecule has 0 spiro atoms. The normalized spacial score (nSPS) is 14.5. The van der Waals surface area contributed by atoms with Crippen LogP contribution in [0.4, 0.5) is 5.69 Å². The SMILES string of the molecule is COc1ccc([C@@H](CC(=O)Nc2ccc3c(c2)OCO3)N2Cc3ccccc3C2=O)cc1OC. The van der Waals surface area contributed by atoms with Crippen LogP contribution in [0.25, 0.3) is 0 Å². The zero-order valence-corrected chi connectivity index (χ0v) is 18.9. The van der Waals surface area contributed by atoms with Crippen molar-refractivity contribution in [2.75, 3.05) is 26.3 Å². The summed E-state index contributed by atoms with van der Waals surface area (Å²) in [5, 5.41) is 2.91. The number of benzene rings is 3. The van der Waals surface area contributed by atoms with E-state index in [9.17, 15) is 9.59 Å². The molecule has 3 aromatic rings. The number of nitrogens with one attached hydrogen (secondary N) is 1. The Bertz CT molecular complexity index is 1260. The molecule has 2 aliphatic rings. The van der Waals surface area contributed by atoms with Crippen molar-refractivity contribution in [2.24, 2.45) is 0 Å². The standard InChI is InChI=1S/C26H24N2O6/c1-31-21-9-7-16(11-23(21)32-2)20(28-14-17-5-3-4-6-19(17)26(28)30)13-25(29)27-18-8-10-22-24(12-18)34-15-33-22/h3-12,20H,13-15H2,1-2H3,(H,27,29)/t20-/m1/s1. The van der Waals surface area contributed by atoms with E-state index in [1.165, 1.54) is 0 Å². The molecule has 2 amide bonds. The monoisotopic (exact) mass is 460 g/mol. The first kappa shape index (κ1) is 21.6. The molecule has 1 N–H and O–H groups in total. The lowest BCUT2D eigenvalue weighted by molar-refractivity contribution is -0.117. The number of carbonyl (C=O) groups is 2. The Morgan fingerprint density at radius 3 is 2.59 bits per heavy atom. The fraction of sp³-hybridized carbons (Fsp3) is 0.231. The second-order valence-corrected chi connectivity index (χ2v) is 8.04. The third-order valence-electron chi connectivity index (χ3n) is 6.05. The Balaban J connectivity index is 1.43. The number of amides is 2. The molecular weight excluding hydrogens is 436 g/mol. The molecule has 0 unspecified atom stereocenters. The summed E-state index contributed by atoms with van der Waals surface area (Å²) in [6.07, 6.45) is 0.0592. The molecule has 8 nitrogen and oxygen atoms in total. The molecule has 0 bridgehead atoms. The molecule has 1 atom stereocenters. The predicted molar refractivity (Wildman–Crippen MR) is 124 cm³/mol. The van der Waals surface area contributed by atoms with Gasteiger partial charge in [0.25, 0.3) is 5.91 Å². The molecule has 2 aliphatic heterocycles. The quantitative estimate of drug-likeness (QED) is 0.570. The van der Waals surface area contributed by atoms with Gasteiger partial charge in [0.05, 0.1) is 26.7 Å². The molecule has 3 aromatic carbocycles. The van der Waals surface area contributed by atoms with E-state index in [0.717, 1.165) is 11.1 Å². The fourth-order valence-corrected chi connectivity index (χ4v) is 4.36. The number of methoxy groups -OCH3 is 2. The highest BCUT2D eigenvalue weighted by Crippen LogP contribution is 2.38. The van der Waals surface area contributed by atoms with Crippen molar-refractivity contribution in [3.8, 4) is 23.0 Å². The van der Waals surface area contributed by atoms with Gasteiger partial charge in [-0.3, -0.25) is 9.59 Å². The van der Waals surface area contributed by atoms with Crippen LogP contribution in [0, 0.1) is 0 Å². The van der Waals surface area contributed by atoms with Crippen LogP contribution in [0.15, 0.2) is 60.7 Å². The van der Waals surface area contributed by atoms with E-state index in [4.69, 9.17) is 18.9 Å². The average Bonchev–Trinajstić information content (AvgIpc) is 3.46. The van der Waals surface area contributed by atoms with Crippen LogP contribution in [-0.2, 0) is 11.3 Å². The van der Waals surface area contributed by atoms with Crippen LogP contribution >= 0.6 is 0 Å². The number of hydrogen-bond acceptors (Lipinski definition) is 6. The molecule has 2 heterocycles. The van der Waals surface area contributed by atoms with Crippen molar-refractivity contribution < 1.29 is 28.5 Å². The van der Waals surface area contributed by atoms with E-state index in [1.54, 1.807) is 43.4 Å². The minimum Gasteiger partial charge on any atom is -0.493 e.